The summed E-state index contributed by atoms with van der Waals surface area (Å²) in [6.07, 6.45) is 0. The van der Waals surface area contributed by atoms with Crippen LogP contribution < -0.4 is 10.1 Å². The van der Waals surface area contributed by atoms with E-state index in [1.807, 2.05) is 62.4 Å². The first-order valence-corrected chi connectivity index (χ1v) is 10.2. The Labute approximate surface area is 169 Å². The number of aryl methyl sites for hydroxylation is 2. The second-order valence-corrected chi connectivity index (χ2v) is 7.45. The molecule has 146 valence electrons. The number of carbonyl (C=O) groups is 1. The topological polar surface area (TPSA) is 64.4 Å². The van der Waals surface area contributed by atoms with Gasteiger partial charge in [-0.1, -0.05) is 35.9 Å². The van der Waals surface area contributed by atoms with Crippen molar-refractivity contribution in [2.75, 3.05) is 12.9 Å². The smallest absolute Gasteiger partial charge is 0.230 e. The highest BCUT2D eigenvalue weighted by Crippen LogP contribution is 2.24. The fraction of sp³-hybridized carbons (Fsp3) is 0.273. The number of methoxy groups -OCH3 is 1. The summed E-state index contributed by atoms with van der Waals surface area (Å²) in [6.45, 7) is 4.40. The van der Waals surface area contributed by atoms with Crippen LogP contribution in [-0.2, 0) is 17.1 Å². The van der Waals surface area contributed by atoms with Crippen LogP contribution >= 0.6 is 11.8 Å². The number of benzene rings is 2. The summed E-state index contributed by atoms with van der Waals surface area (Å²) in [5.74, 6) is 3.16. The first kappa shape index (κ1) is 20.0. The molecule has 1 aromatic heterocycles. The molecule has 3 rings (SSSR count). The molecule has 5 nitrogen and oxygen atoms in total. The highest BCUT2D eigenvalue weighted by molar-refractivity contribution is 7.99. The number of aromatic nitrogens is 1. The van der Waals surface area contributed by atoms with Gasteiger partial charge >= 0.3 is 0 Å². The van der Waals surface area contributed by atoms with E-state index in [2.05, 4.69) is 10.3 Å². The van der Waals surface area contributed by atoms with Crippen LogP contribution in [0, 0.1) is 13.8 Å². The van der Waals surface area contributed by atoms with E-state index >= 15 is 0 Å². The summed E-state index contributed by atoms with van der Waals surface area (Å²) >= 11 is 1.52. The fourth-order valence-electron chi connectivity index (χ4n) is 2.72. The highest BCUT2D eigenvalue weighted by atomic mass is 32.2. The average Bonchev–Trinajstić information content (AvgIpc) is 3.07. The van der Waals surface area contributed by atoms with Crippen molar-refractivity contribution in [3.8, 4) is 17.2 Å². The number of nitrogens with one attached hydrogen (secondary N) is 1. The standard InChI is InChI=1S/C22H24N2O3S/c1-15-8-10-17(11-9-15)22-24-19(16(2)27-22)13-28-14-21(25)23-12-18-6-4-5-7-20(18)26-3/h4-11H,12-14H2,1-3H3,(H,23,25). The van der Waals surface area contributed by atoms with Crippen LogP contribution in [0.4, 0.5) is 0 Å². The third-order valence-electron chi connectivity index (χ3n) is 4.33. The second-order valence-electron chi connectivity index (χ2n) is 6.47. The van der Waals surface area contributed by atoms with Gasteiger partial charge in [-0.15, -0.1) is 11.8 Å². The maximum absolute atomic E-state index is 12.1. The summed E-state index contributed by atoms with van der Waals surface area (Å²) in [4.78, 5) is 16.7. The molecule has 1 amide bonds. The number of amides is 1. The molecular formula is C22H24N2O3S. The molecule has 0 spiro atoms. The lowest BCUT2D eigenvalue weighted by molar-refractivity contribution is -0.118. The molecule has 0 aliphatic carbocycles. The third kappa shape index (κ3) is 5.16. The molecule has 28 heavy (non-hydrogen) atoms. The van der Waals surface area contributed by atoms with Gasteiger partial charge in [-0.25, -0.2) is 4.98 Å². The van der Waals surface area contributed by atoms with Crippen LogP contribution in [0.5, 0.6) is 5.75 Å². The molecule has 0 unspecified atom stereocenters. The number of ether oxygens (including phenoxy) is 1. The Morgan fingerprint density at radius 3 is 2.64 bits per heavy atom. The van der Waals surface area contributed by atoms with E-state index in [9.17, 15) is 4.79 Å². The summed E-state index contributed by atoms with van der Waals surface area (Å²) < 4.78 is 11.1. The Bertz CT molecular complexity index is 935. The van der Waals surface area contributed by atoms with Gasteiger partial charge < -0.3 is 14.5 Å². The minimum atomic E-state index is -0.0178. The van der Waals surface area contributed by atoms with Gasteiger partial charge in [0.1, 0.15) is 11.5 Å². The summed E-state index contributed by atoms with van der Waals surface area (Å²) in [5, 5.41) is 2.93. The monoisotopic (exact) mass is 396 g/mol. The van der Waals surface area contributed by atoms with Crippen molar-refractivity contribution >= 4 is 17.7 Å². The number of oxazole rings is 1. The molecular weight excluding hydrogens is 372 g/mol. The molecule has 0 aliphatic rings. The highest BCUT2D eigenvalue weighted by Gasteiger charge is 2.12. The maximum Gasteiger partial charge on any atom is 0.230 e. The van der Waals surface area contributed by atoms with Crippen LogP contribution in [0.15, 0.2) is 52.9 Å². The molecule has 3 aromatic rings. The van der Waals surface area contributed by atoms with Crippen molar-refractivity contribution in [3.63, 3.8) is 0 Å². The van der Waals surface area contributed by atoms with Gasteiger partial charge in [-0.05, 0) is 32.0 Å². The van der Waals surface area contributed by atoms with Gasteiger partial charge in [0.15, 0.2) is 0 Å². The lowest BCUT2D eigenvalue weighted by Gasteiger charge is -2.09. The molecule has 0 saturated heterocycles. The number of para-hydroxylation sites is 1. The average molecular weight is 397 g/mol. The van der Waals surface area contributed by atoms with Gasteiger partial charge in [0.05, 0.1) is 18.6 Å². The number of carbonyl (C=O) groups excluding carboxylic acids is 1. The van der Waals surface area contributed by atoms with E-state index in [4.69, 9.17) is 9.15 Å². The SMILES string of the molecule is COc1ccccc1CNC(=O)CSCc1nc(-c2ccc(C)cc2)oc1C. The maximum atomic E-state index is 12.1. The van der Waals surface area contributed by atoms with Crippen LogP contribution in [0.25, 0.3) is 11.5 Å². The van der Waals surface area contributed by atoms with Crippen molar-refractivity contribution in [2.45, 2.75) is 26.1 Å². The van der Waals surface area contributed by atoms with Crippen LogP contribution in [-0.4, -0.2) is 23.8 Å². The number of nitrogens with zero attached hydrogens (tertiary/aromatic N) is 1. The number of thioether (sulfide) groups is 1. The molecule has 1 N–H and O–H groups in total. The lowest BCUT2D eigenvalue weighted by Crippen LogP contribution is -2.24. The Morgan fingerprint density at radius 1 is 1.14 bits per heavy atom. The predicted molar refractivity (Wildman–Crippen MR) is 112 cm³/mol. The zero-order valence-electron chi connectivity index (χ0n) is 16.3. The van der Waals surface area contributed by atoms with Crippen LogP contribution in [0.1, 0.15) is 22.6 Å². The van der Waals surface area contributed by atoms with Crippen molar-refractivity contribution in [2.24, 2.45) is 0 Å². The van der Waals surface area contributed by atoms with Gasteiger partial charge in [-0.2, -0.15) is 0 Å². The summed E-state index contributed by atoms with van der Waals surface area (Å²) in [5.41, 5.74) is 3.98. The zero-order chi connectivity index (χ0) is 19.9. The molecule has 0 atom stereocenters. The normalized spacial score (nSPS) is 10.7. The molecule has 0 saturated carbocycles. The Morgan fingerprint density at radius 2 is 1.89 bits per heavy atom. The minimum Gasteiger partial charge on any atom is -0.496 e. The molecule has 6 heteroatoms. The largest absolute Gasteiger partial charge is 0.496 e. The Kier molecular flexibility index (Phi) is 6.76. The Balaban J connectivity index is 1.49. The lowest BCUT2D eigenvalue weighted by atomic mass is 10.1. The third-order valence-corrected chi connectivity index (χ3v) is 5.28. The first-order chi connectivity index (χ1) is 13.6. The summed E-state index contributed by atoms with van der Waals surface area (Å²) in [7, 11) is 1.63. The van der Waals surface area contributed by atoms with Crippen molar-refractivity contribution in [1.29, 1.82) is 0 Å². The van der Waals surface area contributed by atoms with E-state index in [1.165, 1.54) is 17.3 Å². The van der Waals surface area contributed by atoms with E-state index in [0.29, 0.717) is 23.9 Å². The van der Waals surface area contributed by atoms with Gasteiger partial charge in [-0.3, -0.25) is 4.79 Å². The van der Waals surface area contributed by atoms with E-state index < -0.39 is 0 Å². The van der Waals surface area contributed by atoms with Crippen LogP contribution in [0.3, 0.4) is 0 Å². The van der Waals surface area contributed by atoms with Crippen molar-refractivity contribution in [1.82, 2.24) is 10.3 Å². The van der Waals surface area contributed by atoms with E-state index in [1.54, 1.807) is 7.11 Å². The second kappa shape index (κ2) is 9.46. The molecule has 0 bridgehead atoms. The Hall–Kier alpha value is -2.73. The number of hydrogen-bond donors (Lipinski definition) is 1. The van der Waals surface area contributed by atoms with Gasteiger partial charge in [0.2, 0.25) is 11.8 Å². The van der Waals surface area contributed by atoms with E-state index in [-0.39, 0.29) is 5.91 Å². The number of rotatable bonds is 8. The molecule has 1 heterocycles. The quantitative estimate of drug-likeness (QED) is 0.607. The summed E-state index contributed by atoms with van der Waals surface area (Å²) in [6, 6.07) is 15.7. The van der Waals surface area contributed by atoms with Gasteiger partial charge in [0, 0.05) is 23.4 Å². The predicted octanol–water partition coefficient (Wildman–Crippen LogP) is 4.52. The fourth-order valence-corrected chi connectivity index (χ4v) is 3.57. The molecule has 0 radical (unpaired) electrons. The van der Waals surface area contributed by atoms with E-state index in [0.717, 1.165) is 28.3 Å². The molecule has 0 fully saturated rings. The minimum absolute atomic E-state index is 0.0178. The first-order valence-electron chi connectivity index (χ1n) is 9.06. The molecule has 2 aromatic carbocycles. The van der Waals surface area contributed by atoms with Gasteiger partial charge in [0.25, 0.3) is 0 Å². The van der Waals surface area contributed by atoms with Crippen LogP contribution in [0.2, 0.25) is 0 Å². The number of hydrogen-bond acceptors (Lipinski definition) is 5. The van der Waals surface area contributed by atoms with Crippen molar-refractivity contribution in [3.05, 3.63) is 71.1 Å². The zero-order valence-corrected chi connectivity index (χ0v) is 17.1. The van der Waals surface area contributed by atoms with Crippen molar-refractivity contribution < 1.29 is 13.9 Å². The molecule has 0 aliphatic heterocycles.